The molecule has 0 bridgehead atoms. The summed E-state index contributed by atoms with van der Waals surface area (Å²) in [6.45, 7) is 0. The maximum Gasteiger partial charge on any atom is 0.137 e. The molecule has 2 aromatic carbocycles. The van der Waals surface area contributed by atoms with Gasteiger partial charge in [0.2, 0.25) is 0 Å². The van der Waals surface area contributed by atoms with E-state index in [1.807, 2.05) is 7.05 Å². The van der Waals surface area contributed by atoms with Gasteiger partial charge in [0, 0.05) is 7.05 Å². The van der Waals surface area contributed by atoms with Crippen LogP contribution in [-0.2, 0) is 7.05 Å². The Hall–Kier alpha value is -2.21. The summed E-state index contributed by atoms with van der Waals surface area (Å²) in [7, 11) is 0.621. The van der Waals surface area contributed by atoms with Crippen molar-refractivity contribution in [1.29, 1.82) is 0 Å². The summed E-state index contributed by atoms with van der Waals surface area (Å²) in [6, 6.07) is 13.1. The second-order valence-corrected chi connectivity index (χ2v) is 8.90. The van der Waals surface area contributed by atoms with Gasteiger partial charge < -0.3 is 0 Å². The summed E-state index contributed by atoms with van der Waals surface area (Å²) in [5.41, 5.74) is 0. The van der Waals surface area contributed by atoms with Crippen LogP contribution in [0.2, 0.25) is 0 Å². The van der Waals surface area contributed by atoms with Gasteiger partial charge in [0.25, 0.3) is 0 Å². The molecule has 0 N–H and O–H groups in total. The molecule has 0 unspecified atom stereocenters. The maximum atomic E-state index is 12.9. The van der Waals surface area contributed by atoms with Crippen LogP contribution in [0, 0.1) is 11.6 Å². The van der Waals surface area contributed by atoms with Crippen molar-refractivity contribution in [3.05, 3.63) is 72.8 Å². The van der Waals surface area contributed by atoms with E-state index in [0.29, 0.717) is 0 Å². The lowest BCUT2D eigenvalue weighted by Gasteiger charge is -2.32. The predicted octanol–water partition coefficient (Wildman–Crippen LogP) is 4.26. The molecule has 23 heavy (non-hydrogen) atoms. The van der Waals surface area contributed by atoms with Crippen molar-refractivity contribution in [3.8, 4) is 0 Å². The Labute approximate surface area is 136 Å². The SMILES string of the molecule is CS(C)(c1ccc(F)cc1)c1ccc(F)cc1.Cn1cncn1. The van der Waals surface area contributed by atoms with Gasteiger partial charge in [0.15, 0.2) is 0 Å². The lowest BCUT2D eigenvalue weighted by Crippen LogP contribution is -1.97. The van der Waals surface area contributed by atoms with E-state index in [0.717, 1.165) is 9.79 Å². The lowest BCUT2D eigenvalue weighted by atomic mass is 10.3. The van der Waals surface area contributed by atoms with E-state index >= 15 is 0 Å². The Morgan fingerprint density at radius 3 is 1.52 bits per heavy atom. The van der Waals surface area contributed by atoms with E-state index in [4.69, 9.17) is 0 Å². The second-order valence-electron chi connectivity index (χ2n) is 5.30. The summed E-state index contributed by atoms with van der Waals surface area (Å²) >= 11 is 0. The molecular weight excluding hydrogens is 316 g/mol. The monoisotopic (exact) mass is 335 g/mol. The highest BCUT2D eigenvalue weighted by atomic mass is 32.3. The fourth-order valence-corrected chi connectivity index (χ4v) is 3.86. The van der Waals surface area contributed by atoms with Crippen molar-refractivity contribution in [2.75, 3.05) is 12.5 Å². The third kappa shape index (κ3) is 4.63. The fourth-order valence-electron chi connectivity index (χ4n) is 1.95. The van der Waals surface area contributed by atoms with Crippen molar-refractivity contribution in [3.63, 3.8) is 0 Å². The summed E-state index contributed by atoms with van der Waals surface area (Å²) in [5.74, 6) is -0.467. The first-order valence-electron chi connectivity index (χ1n) is 6.93. The number of aromatic nitrogens is 3. The number of rotatable bonds is 2. The molecule has 1 heterocycles. The molecule has 0 spiro atoms. The Kier molecular flexibility index (Phi) is 5.50. The first-order chi connectivity index (χ1) is 10.9. The largest absolute Gasteiger partial charge is 0.256 e. The zero-order valence-corrected chi connectivity index (χ0v) is 14.1. The number of halogens is 2. The van der Waals surface area contributed by atoms with Crippen LogP contribution in [0.5, 0.6) is 0 Å². The molecule has 1 aromatic heterocycles. The Morgan fingerprint density at radius 1 is 0.826 bits per heavy atom. The molecule has 3 aromatic rings. The third-order valence-corrected chi connectivity index (χ3v) is 6.24. The van der Waals surface area contributed by atoms with Crippen LogP contribution >= 0.6 is 10.0 Å². The average molecular weight is 335 g/mol. The lowest BCUT2D eigenvalue weighted by molar-refractivity contribution is 0.626. The van der Waals surface area contributed by atoms with Gasteiger partial charge in [-0.25, -0.2) is 13.8 Å². The quantitative estimate of drug-likeness (QED) is 0.700. The van der Waals surface area contributed by atoms with Crippen LogP contribution in [0.1, 0.15) is 0 Å². The molecule has 6 heteroatoms. The fraction of sp³-hybridized carbons (Fsp3) is 0.176. The van der Waals surface area contributed by atoms with Crippen LogP contribution in [0.4, 0.5) is 8.78 Å². The number of nitrogens with zero attached hydrogens (tertiary/aromatic N) is 3. The van der Waals surface area contributed by atoms with Gasteiger partial charge in [-0.05, 0) is 70.8 Å². The van der Waals surface area contributed by atoms with Crippen LogP contribution < -0.4 is 0 Å². The molecule has 3 rings (SSSR count). The van der Waals surface area contributed by atoms with E-state index in [1.54, 1.807) is 35.3 Å². The molecule has 0 aliphatic rings. The predicted molar refractivity (Wildman–Crippen MR) is 89.8 cm³/mol. The molecule has 0 radical (unpaired) electrons. The molecule has 0 fully saturated rings. The molecule has 0 saturated heterocycles. The topological polar surface area (TPSA) is 30.7 Å². The zero-order valence-electron chi connectivity index (χ0n) is 13.3. The summed E-state index contributed by atoms with van der Waals surface area (Å²) in [5, 5.41) is 3.72. The molecule has 3 nitrogen and oxygen atoms in total. The van der Waals surface area contributed by atoms with Gasteiger partial charge in [-0.1, -0.05) is 0 Å². The standard InChI is InChI=1S/C14H14F2S.C3H5N3/c1-17(2,13-7-3-11(15)4-8-13)14-9-5-12(16)6-10-14;1-6-3-4-2-5-6/h3-10H,1-2H3;2-3H,1H3. The van der Waals surface area contributed by atoms with E-state index in [-0.39, 0.29) is 11.6 Å². The van der Waals surface area contributed by atoms with Crippen LogP contribution in [0.3, 0.4) is 0 Å². The normalized spacial score (nSPS) is 11.5. The Balaban J connectivity index is 0.000000268. The minimum Gasteiger partial charge on any atom is -0.256 e. The van der Waals surface area contributed by atoms with Gasteiger partial charge in [-0.15, -0.1) is 0 Å². The van der Waals surface area contributed by atoms with Crippen LogP contribution in [0.15, 0.2) is 71.0 Å². The van der Waals surface area contributed by atoms with Gasteiger partial charge in [-0.3, -0.25) is 4.68 Å². The van der Waals surface area contributed by atoms with Crippen molar-refractivity contribution < 1.29 is 8.78 Å². The van der Waals surface area contributed by atoms with Crippen molar-refractivity contribution in [1.82, 2.24) is 14.8 Å². The first-order valence-corrected chi connectivity index (χ1v) is 9.37. The van der Waals surface area contributed by atoms with E-state index < -0.39 is 10.0 Å². The summed E-state index contributed by atoms with van der Waals surface area (Å²) in [4.78, 5) is 5.85. The maximum absolute atomic E-state index is 12.9. The molecular formula is C17H19F2N3S. The Morgan fingerprint density at radius 2 is 1.26 bits per heavy atom. The van der Waals surface area contributed by atoms with E-state index in [2.05, 4.69) is 22.6 Å². The molecule has 122 valence electrons. The van der Waals surface area contributed by atoms with Crippen molar-refractivity contribution in [2.24, 2.45) is 7.05 Å². The zero-order chi connectivity index (χ0) is 16.9. The number of hydrogen-bond acceptors (Lipinski definition) is 2. The highest BCUT2D eigenvalue weighted by molar-refractivity contribution is 8.32. The second kappa shape index (κ2) is 7.37. The first kappa shape index (κ1) is 17.1. The van der Waals surface area contributed by atoms with Gasteiger partial charge >= 0.3 is 0 Å². The molecule has 0 aliphatic heterocycles. The third-order valence-electron chi connectivity index (χ3n) is 3.34. The molecule has 0 saturated carbocycles. The van der Waals surface area contributed by atoms with Crippen molar-refractivity contribution >= 4 is 10.0 Å². The molecule has 0 amide bonds. The van der Waals surface area contributed by atoms with E-state index in [9.17, 15) is 8.78 Å². The average Bonchev–Trinajstić information content (AvgIpc) is 3.00. The van der Waals surface area contributed by atoms with E-state index in [1.165, 1.54) is 30.6 Å². The number of aryl methyl sites for hydroxylation is 1. The molecule has 0 atom stereocenters. The smallest absolute Gasteiger partial charge is 0.137 e. The molecule has 0 aliphatic carbocycles. The highest BCUT2D eigenvalue weighted by Crippen LogP contribution is 2.56. The van der Waals surface area contributed by atoms with Crippen molar-refractivity contribution in [2.45, 2.75) is 9.79 Å². The number of hydrogen-bond donors (Lipinski definition) is 0. The van der Waals surface area contributed by atoms with Crippen LogP contribution in [-0.4, -0.2) is 27.3 Å². The minimum atomic E-state index is -1.21. The highest BCUT2D eigenvalue weighted by Gasteiger charge is 2.17. The summed E-state index contributed by atoms with van der Waals surface area (Å²) in [6.07, 6.45) is 7.38. The van der Waals surface area contributed by atoms with Gasteiger partial charge in [0.05, 0.1) is 0 Å². The Bertz CT molecular complexity index is 676. The van der Waals surface area contributed by atoms with Crippen LogP contribution in [0.25, 0.3) is 0 Å². The van der Waals surface area contributed by atoms with Gasteiger partial charge in [0.1, 0.15) is 24.3 Å². The minimum absolute atomic E-state index is 0.233. The van der Waals surface area contributed by atoms with Gasteiger partial charge in [-0.2, -0.15) is 15.1 Å². The number of benzene rings is 2. The summed E-state index contributed by atoms with van der Waals surface area (Å²) < 4.78 is 27.4.